The van der Waals surface area contributed by atoms with Crippen molar-refractivity contribution in [1.82, 2.24) is 4.98 Å². The van der Waals surface area contributed by atoms with E-state index < -0.39 is 9.84 Å². The summed E-state index contributed by atoms with van der Waals surface area (Å²) in [5.74, 6) is 0.957. The molecule has 96 valence electrons. The standard InChI is InChI=1S/C11H19N3O2S/c1-4-12-11-9-10(5-6-13-11)14(2)7-8-17(3,15)16/h5-6,9H,4,7-8H2,1-3H3,(H,12,13). The molecule has 5 nitrogen and oxygen atoms in total. The average molecular weight is 257 g/mol. The molecule has 0 radical (unpaired) electrons. The fourth-order valence-corrected chi connectivity index (χ4v) is 1.97. The van der Waals surface area contributed by atoms with Gasteiger partial charge in [-0.2, -0.15) is 0 Å². The van der Waals surface area contributed by atoms with E-state index >= 15 is 0 Å². The Labute approximate surface area is 103 Å². The molecule has 0 bridgehead atoms. The van der Waals surface area contributed by atoms with Crippen LogP contribution < -0.4 is 10.2 Å². The third-order valence-corrected chi connectivity index (χ3v) is 3.26. The first-order valence-corrected chi connectivity index (χ1v) is 7.57. The van der Waals surface area contributed by atoms with Crippen molar-refractivity contribution in [3.63, 3.8) is 0 Å². The SMILES string of the molecule is CCNc1cc(N(C)CCS(C)(=O)=O)ccn1. The van der Waals surface area contributed by atoms with Gasteiger partial charge in [-0.1, -0.05) is 0 Å². The number of nitrogens with zero attached hydrogens (tertiary/aromatic N) is 2. The molecule has 0 aromatic carbocycles. The molecule has 0 saturated heterocycles. The van der Waals surface area contributed by atoms with Crippen LogP contribution in [0.15, 0.2) is 18.3 Å². The van der Waals surface area contributed by atoms with E-state index in [1.807, 2.05) is 31.0 Å². The summed E-state index contributed by atoms with van der Waals surface area (Å²) >= 11 is 0. The molecule has 0 amide bonds. The quantitative estimate of drug-likeness (QED) is 0.823. The van der Waals surface area contributed by atoms with Gasteiger partial charge in [0.05, 0.1) is 5.75 Å². The molecule has 0 aliphatic rings. The van der Waals surface area contributed by atoms with Crippen LogP contribution in [0.3, 0.4) is 0 Å². The van der Waals surface area contributed by atoms with Gasteiger partial charge in [-0.05, 0) is 13.0 Å². The first-order chi connectivity index (χ1) is 7.92. The van der Waals surface area contributed by atoms with Crippen LogP contribution in [-0.4, -0.2) is 45.5 Å². The van der Waals surface area contributed by atoms with Gasteiger partial charge in [0.25, 0.3) is 0 Å². The maximum Gasteiger partial charge on any atom is 0.149 e. The van der Waals surface area contributed by atoms with Gasteiger partial charge >= 0.3 is 0 Å². The third-order valence-electron chi connectivity index (χ3n) is 2.34. The zero-order valence-corrected chi connectivity index (χ0v) is 11.3. The maximum absolute atomic E-state index is 11.1. The largest absolute Gasteiger partial charge is 0.373 e. The van der Waals surface area contributed by atoms with E-state index in [-0.39, 0.29) is 5.75 Å². The first kappa shape index (κ1) is 13.8. The van der Waals surface area contributed by atoms with Gasteiger partial charge < -0.3 is 10.2 Å². The van der Waals surface area contributed by atoms with Gasteiger partial charge in [-0.3, -0.25) is 0 Å². The van der Waals surface area contributed by atoms with Gasteiger partial charge in [0.2, 0.25) is 0 Å². The van der Waals surface area contributed by atoms with E-state index in [1.165, 1.54) is 6.26 Å². The Kier molecular flexibility index (Phi) is 4.74. The Morgan fingerprint density at radius 1 is 1.47 bits per heavy atom. The van der Waals surface area contributed by atoms with E-state index in [0.29, 0.717) is 6.54 Å². The number of nitrogens with one attached hydrogen (secondary N) is 1. The number of rotatable bonds is 6. The van der Waals surface area contributed by atoms with Gasteiger partial charge in [-0.25, -0.2) is 13.4 Å². The van der Waals surface area contributed by atoms with Crippen molar-refractivity contribution in [2.45, 2.75) is 6.92 Å². The summed E-state index contributed by atoms with van der Waals surface area (Å²) in [5.41, 5.74) is 0.958. The number of hydrogen-bond acceptors (Lipinski definition) is 5. The smallest absolute Gasteiger partial charge is 0.149 e. The molecule has 1 N–H and O–H groups in total. The van der Waals surface area contributed by atoms with Crippen molar-refractivity contribution < 1.29 is 8.42 Å². The Bertz CT molecular complexity index is 460. The lowest BCUT2D eigenvalue weighted by Crippen LogP contribution is -2.24. The first-order valence-electron chi connectivity index (χ1n) is 5.51. The number of pyridine rings is 1. The second-order valence-corrected chi connectivity index (χ2v) is 6.24. The van der Waals surface area contributed by atoms with Crippen molar-refractivity contribution >= 4 is 21.3 Å². The highest BCUT2D eigenvalue weighted by molar-refractivity contribution is 7.90. The van der Waals surface area contributed by atoms with Crippen molar-refractivity contribution in [3.8, 4) is 0 Å². The number of aromatic nitrogens is 1. The lowest BCUT2D eigenvalue weighted by atomic mass is 10.3. The molecule has 1 heterocycles. The minimum atomic E-state index is -2.92. The third kappa shape index (κ3) is 5.04. The Balaban J connectivity index is 2.68. The van der Waals surface area contributed by atoms with E-state index in [4.69, 9.17) is 0 Å². The molecule has 0 spiro atoms. The molecule has 17 heavy (non-hydrogen) atoms. The monoisotopic (exact) mass is 257 g/mol. The second-order valence-electron chi connectivity index (χ2n) is 3.98. The van der Waals surface area contributed by atoms with Crippen molar-refractivity contribution in [2.24, 2.45) is 0 Å². The molecule has 0 aliphatic carbocycles. The topological polar surface area (TPSA) is 62.3 Å². The van der Waals surface area contributed by atoms with Crippen LogP contribution in [0.1, 0.15) is 6.92 Å². The summed E-state index contributed by atoms with van der Waals surface area (Å²) in [5, 5.41) is 3.12. The molecule has 1 rings (SSSR count). The van der Waals surface area contributed by atoms with Crippen LogP contribution in [0.5, 0.6) is 0 Å². The molecule has 1 aromatic heterocycles. The summed E-state index contributed by atoms with van der Waals surface area (Å²) in [7, 11) is -1.05. The summed E-state index contributed by atoms with van der Waals surface area (Å²) in [6.07, 6.45) is 2.96. The average Bonchev–Trinajstić information content (AvgIpc) is 2.26. The van der Waals surface area contributed by atoms with Crippen LogP contribution in [0.2, 0.25) is 0 Å². The summed E-state index contributed by atoms with van der Waals surface area (Å²) < 4.78 is 22.2. The Morgan fingerprint density at radius 2 is 2.18 bits per heavy atom. The molecule has 0 unspecified atom stereocenters. The normalized spacial score (nSPS) is 11.2. The predicted molar refractivity (Wildman–Crippen MR) is 71.4 cm³/mol. The van der Waals surface area contributed by atoms with Crippen LogP contribution in [-0.2, 0) is 9.84 Å². The second kappa shape index (κ2) is 5.86. The van der Waals surface area contributed by atoms with E-state index in [9.17, 15) is 8.42 Å². The van der Waals surface area contributed by atoms with Crippen molar-refractivity contribution in [2.75, 3.05) is 42.4 Å². The lowest BCUT2D eigenvalue weighted by Gasteiger charge is -2.19. The molecular formula is C11H19N3O2S. The van der Waals surface area contributed by atoms with E-state index in [0.717, 1.165) is 18.1 Å². The lowest BCUT2D eigenvalue weighted by molar-refractivity contribution is 0.601. The van der Waals surface area contributed by atoms with Crippen LogP contribution >= 0.6 is 0 Å². The molecule has 0 atom stereocenters. The van der Waals surface area contributed by atoms with Crippen LogP contribution in [0, 0.1) is 0 Å². The minimum absolute atomic E-state index is 0.155. The fourth-order valence-electron chi connectivity index (χ4n) is 1.37. The number of anilines is 2. The maximum atomic E-state index is 11.1. The molecule has 6 heteroatoms. The Morgan fingerprint density at radius 3 is 2.76 bits per heavy atom. The highest BCUT2D eigenvalue weighted by Crippen LogP contribution is 2.15. The van der Waals surface area contributed by atoms with Gasteiger partial charge in [-0.15, -0.1) is 0 Å². The van der Waals surface area contributed by atoms with Gasteiger partial charge in [0.1, 0.15) is 15.7 Å². The van der Waals surface area contributed by atoms with Crippen LogP contribution in [0.4, 0.5) is 11.5 Å². The molecule has 0 fully saturated rings. The number of sulfone groups is 1. The van der Waals surface area contributed by atoms with E-state index in [2.05, 4.69) is 10.3 Å². The minimum Gasteiger partial charge on any atom is -0.373 e. The summed E-state index contributed by atoms with van der Waals surface area (Å²) in [4.78, 5) is 6.07. The molecule has 1 aromatic rings. The molecular weight excluding hydrogens is 238 g/mol. The predicted octanol–water partition coefficient (Wildman–Crippen LogP) is 0.994. The fraction of sp³-hybridized carbons (Fsp3) is 0.545. The summed E-state index contributed by atoms with van der Waals surface area (Å²) in [6, 6.07) is 3.77. The zero-order chi connectivity index (χ0) is 12.9. The van der Waals surface area contributed by atoms with E-state index in [1.54, 1.807) is 6.20 Å². The van der Waals surface area contributed by atoms with Crippen molar-refractivity contribution in [1.29, 1.82) is 0 Å². The van der Waals surface area contributed by atoms with Gasteiger partial charge in [0.15, 0.2) is 0 Å². The highest BCUT2D eigenvalue weighted by atomic mass is 32.2. The highest BCUT2D eigenvalue weighted by Gasteiger charge is 2.07. The Hall–Kier alpha value is -1.30. The molecule has 0 aliphatic heterocycles. The van der Waals surface area contributed by atoms with Crippen molar-refractivity contribution in [3.05, 3.63) is 18.3 Å². The zero-order valence-electron chi connectivity index (χ0n) is 10.5. The summed E-state index contributed by atoms with van der Waals surface area (Å²) in [6.45, 7) is 3.29. The number of hydrogen-bond donors (Lipinski definition) is 1. The molecule has 0 saturated carbocycles. The van der Waals surface area contributed by atoms with Crippen LogP contribution in [0.25, 0.3) is 0 Å². The van der Waals surface area contributed by atoms with Gasteiger partial charge in [0, 0.05) is 44.3 Å².